The number of carbonyl (C=O) groups is 2. The van der Waals surface area contributed by atoms with Crippen LogP contribution in [0.2, 0.25) is 0 Å². The predicted octanol–water partition coefficient (Wildman–Crippen LogP) is 4.10. The van der Waals surface area contributed by atoms with Gasteiger partial charge in [-0.25, -0.2) is 42.1 Å². The van der Waals surface area contributed by atoms with Gasteiger partial charge < -0.3 is 20.1 Å². The van der Waals surface area contributed by atoms with Crippen molar-refractivity contribution in [1.29, 1.82) is 0 Å². The Labute approximate surface area is 258 Å². The summed E-state index contributed by atoms with van der Waals surface area (Å²) in [7, 11) is 0. The molecule has 2 saturated carbocycles. The molecule has 2 aromatic carbocycles. The van der Waals surface area contributed by atoms with E-state index >= 15 is 0 Å². The molecule has 4 amide bonds. The van der Waals surface area contributed by atoms with E-state index in [1.54, 1.807) is 6.07 Å². The third kappa shape index (κ3) is 5.57. The summed E-state index contributed by atoms with van der Waals surface area (Å²) in [5.74, 6) is -2.32. The first kappa shape index (κ1) is 29.2. The number of rotatable bonds is 4. The van der Waals surface area contributed by atoms with Gasteiger partial charge in [0.1, 0.15) is 23.8 Å². The van der Waals surface area contributed by atoms with Crippen LogP contribution in [-0.2, 0) is 0 Å². The molecule has 8 rings (SSSR count). The van der Waals surface area contributed by atoms with E-state index in [-0.39, 0.29) is 71.6 Å². The smallest absolute Gasteiger partial charge is 0.320 e. The lowest BCUT2D eigenvalue weighted by atomic mass is 10.0. The van der Waals surface area contributed by atoms with Crippen molar-refractivity contribution in [1.82, 2.24) is 30.6 Å². The summed E-state index contributed by atoms with van der Waals surface area (Å²) < 4.78 is 66.0. The van der Waals surface area contributed by atoms with Crippen LogP contribution in [-0.4, -0.2) is 57.3 Å². The van der Waals surface area contributed by atoms with Crippen molar-refractivity contribution in [2.45, 2.75) is 23.9 Å². The maximum Gasteiger partial charge on any atom is 0.320 e. The standard InChI is InChI=1S/2C15H12F2N4O2/c16-8-1-2-9(17)14-12(8)11-7(6-23-14)13(11)21-15(22)20-10-5-18-3-4-19-10;16-8-1-2-9(17)14-12(8)11-7(5-23-14)13(11)21-15(22)20-10-3-4-18-6-19-10/h1-5,7,11,13H,6H2,(H2,19,20,21,22);1-4,6-7,11,13H,5H2,(H2,18,19,20,21,22)/t2*7-,11-,13-/m11/s1. The van der Waals surface area contributed by atoms with Gasteiger partial charge in [0.25, 0.3) is 0 Å². The Morgan fingerprint density at radius 1 is 0.652 bits per heavy atom. The minimum atomic E-state index is -0.588. The summed E-state index contributed by atoms with van der Waals surface area (Å²) in [6.07, 6.45) is 7.17. The number of nitrogens with one attached hydrogen (secondary N) is 4. The highest BCUT2D eigenvalue weighted by molar-refractivity contribution is 5.89. The molecular formula is C30H24F4N8O4. The largest absolute Gasteiger partial charge is 0.490 e. The van der Waals surface area contributed by atoms with E-state index in [9.17, 15) is 27.2 Å². The van der Waals surface area contributed by atoms with Gasteiger partial charge >= 0.3 is 12.1 Å². The number of ether oxygens (including phenoxy) is 2. The van der Waals surface area contributed by atoms with Crippen molar-refractivity contribution in [3.8, 4) is 11.5 Å². The van der Waals surface area contributed by atoms with Crippen molar-refractivity contribution < 1.29 is 36.6 Å². The number of halogens is 4. The fraction of sp³-hybridized carbons (Fsp3) is 0.267. The number of nitrogens with zero attached hydrogens (tertiary/aromatic N) is 4. The first-order chi connectivity index (χ1) is 22.3. The zero-order valence-electron chi connectivity index (χ0n) is 23.6. The second-order valence-corrected chi connectivity index (χ2v) is 11.0. The maximum absolute atomic E-state index is 14.0. The van der Waals surface area contributed by atoms with Crippen LogP contribution in [0.4, 0.5) is 38.8 Å². The normalized spacial score (nSPS) is 24.0. The molecule has 4 N–H and O–H groups in total. The molecule has 2 aromatic heterocycles. The fourth-order valence-corrected chi connectivity index (χ4v) is 6.05. The van der Waals surface area contributed by atoms with Gasteiger partial charge in [0, 0.05) is 65.5 Å². The number of carbonyl (C=O) groups excluding carboxylic acids is 2. The summed E-state index contributed by atoms with van der Waals surface area (Å²) in [5.41, 5.74) is 0.402. The topological polar surface area (TPSA) is 152 Å². The van der Waals surface area contributed by atoms with E-state index in [1.807, 2.05) is 0 Å². The first-order valence-electron chi connectivity index (χ1n) is 14.2. The molecule has 0 spiro atoms. The van der Waals surface area contributed by atoms with Crippen LogP contribution in [0.3, 0.4) is 0 Å². The van der Waals surface area contributed by atoms with E-state index in [1.165, 1.54) is 31.1 Å². The van der Waals surface area contributed by atoms with Crippen molar-refractivity contribution in [3.63, 3.8) is 0 Å². The van der Waals surface area contributed by atoms with Gasteiger partial charge in [0.15, 0.2) is 29.0 Å². The minimum absolute atomic E-state index is 0.0493. The molecule has 12 nitrogen and oxygen atoms in total. The van der Waals surface area contributed by atoms with E-state index < -0.39 is 35.3 Å². The van der Waals surface area contributed by atoms with E-state index in [2.05, 4.69) is 41.2 Å². The Morgan fingerprint density at radius 2 is 1.20 bits per heavy atom. The Hall–Kier alpha value is -5.54. The molecule has 4 aliphatic rings. The van der Waals surface area contributed by atoms with Gasteiger partial charge in [-0.05, 0) is 30.3 Å². The first-order valence-corrected chi connectivity index (χ1v) is 14.2. The summed E-state index contributed by atoms with van der Waals surface area (Å²) in [6, 6.07) is 4.27. The van der Waals surface area contributed by atoms with Crippen LogP contribution in [0.1, 0.15) is 23.0 Å². The molecular weight excluding hydrogens is 612 g/mol. The van der Waals surface area contributed by atoms with Crippen molar-refractivity contribution in [2.75, 3.05) is 23.8 Å². The quantitative estimate of drug-likeness (QED) is 0.245. The van der Waals surface area contributed by atoms with Gasteiger partial charge in [-0.15, -0.1) is 0 Å². The summed E-state index contributed by atoms with van der Waals surface area (Å²) >= 11 is 0. The molecule has 2 fully saturated rings. The van der Waals surface area contributed by atoms with Gasteiger partial charge in [-0.1, -0.05) is 0 Å². The lowest BCUT2D eigenvalue weighted by Gasteiger charge is -2.16. The number of hydrogen-bond donors (Lipinski definition) is 4. The minimum Gasteiger partial charge on any atom is -0.490 e. The van der Waals surface area contributed by atoms with Crippen LogP contribution in [0.25, 0.3) is 0 Å². The number of anilines is 2. The summed E-state index contributed by atoms with van der Waals surface area (Å²) in [4.78, 5) is 39.4. The highest BCUT2D eigenvalue weighted by Gasteiger charge is 2.58. The molecule has 2 aliphatic carbocycles. The third-order valence-electron chi connectivity index (χ3n) is 8.26. The highest BCUT2D eigenvalue weighted by Crippen LogP contribution is 2.56. The van der Waals surface area contributed by atoms with Crippen LogP contribution in [0.15, 0.2) is 61.4 Å². The van der Waals surface area contributed by atoms with Crippen molar-refractivity contribution in [2.24, 2.45) is 11.8 Å². The zero-order chi connectivity index (χ0) is 31.9. The Bertz CT molecular complexity index is 1670. The molecule has 0 saturated heterocycles. The van der Waals surface area contributed by atoms with E-state index in [0.29, 0.717) is 11.6 Å². The molecule has 2 aliphatic heterocycles. The van der Waals surface area contributed by atoms with Gasteiger partial charge in [0.05, 0.1) is 19.4 Å². The fourth-order valence-electron chi connectivity index (χ4n) is 6.05. The number of amides is 4. The molecule has 46 heavy (non-hydrogen) atoms. The zero-order valence-corrected chi connectivity index (χ0v) is 23.6. The Balaban J connectivity index is 0.000000147. The highest BCUT2D eigenvalue weighted by atomic mass is 19.1. The van der Waals surface area contributed by atoms with Gasteiger partial charge in [0.2, 0.25) is 0 Å². The number of urea groups is 2. The van der Waals surface area contributed by atoms with Crippen LogP contribution < -0.4 is 30.7 Å². The average Bonchev–Trinajstić information content (AvgIpc) is 3.96. The lowest BCUT2D eigenvalue weighted by Crippen LogP contribution is -2.32. The van der Waals surface area contributed by atoms with Crippen LogP contribution in [0.5, 0.6) is 11.5 Å². The SMILES string of the molecule is O=C(Nc1ccncn1)N[C@@H]1[C@@H]2COc3c(F)ccc(F)c3[C@@H]21.O=C(Nc1cnccn1)N[C@@H]1[C@@H]2COc3c(F)ccc(F)c3[C@@H]21. The number of aromatic nitrogens is 4. The monoisotopic (exact) mass is 636 g/mol. The Morgan fingerprint density at radius 3 is 1.70 bits per heavy atom. The molecule has 0 bridgehead atoms. The molecule has 236 valence electrons. The average molecular weight is 637 g/mol. The second-order valence-electron chi connectivity index (χ2n) is 11.0. The molecule has 16 heteroatoms. The number of hydrogen-bond acceptors (Lipinski definition) is 8. The van der Waals surface area contributed by atoms with E-state index in [0.717, 1.165) is 24.3 Å². The molecule has 0 radical (unpaired) electrons. The second kappa shape index (κ2) is 11.8. The van der Waals surface area contributed by atoms with Gasteiger partial charge in [-0.2, -0.15) is 0 Å². The summed E-state index contributed by atoms with van der Waals surface area (Å²) in [5, 5.41) is 10.6. The van der Waals surface area contributed by atoms with Crippen molar-refractivity contribution >= 4 is 23.7 Å². The molecule has 4 aromatic rings. The number of fused-ring (bicyclic) bond motifs is 6. The number of benzene rings is 2. The molecule has 4 heterocycles. The predicted molar refractivity (Wildman–Crippen MR) is 152 cm³/mol. The van der Waals surface area contributed by atoms with Crippen molar-refractivity contribution in [3.05, 3.63) is 95.8 Å². The van der Waals surface area contributed by atoms with Crippen LogP contribution in [0, 0.1) is 35.1 Å². The lowest BCUT2D eigenvalue weighted by molar-refractivity contribution is 0.246. The molecule has 0 unspecified atom stereocenters. The van der Waals surface area contributed by atoms with Gasteiger partial charge in [-0.3, -0.25) is 15.6 Å². The Kier molecular flexibility index (Phi) is 7.46. The third-order valence-corrected chi connectivity index (χ3v) is 8.26. The van der Waals surface area contributed by atoms with E-state index in [4.69, 9.17) is 9.47 Å². The molecule has 6 atom stereocenters. The van der Waals surface area contributed by atoms with Crippen LogP contribution >= 0.6 is 0 Å². The summed E-state index contributed by atoms with van der Waals surface area (Å²) in [6.45, 7) is 0.491. The maximum atomic E-state index is 14.0.